The van der Waals surface area contributed by atoms with Crippen molar-refractivity contribution in [2.45, 2.75) is 13.3 Å². The Kier molecular flexibility index (Phi) is 7.66. The monoisotopic (exact) mass is 354 g/mol. The minimum absolute atomic E-state index is 0.258. The Bertz CT molecular complexity index is 712. The molecule has 0 saturated heterocycles. The predicted molar refractivity (Wildman–Crippen MR) is 106 cm³/mol. The number of nitrogens with one attached hydrogen (secondary N) is 2. The standard InChI is InChI=1S/C20H22N2O2S/c1-2-24-18-11-8-17(9-12-18)10-13-19(23)22-20(25)21-15-14-16-6-4-3-5-7-16/h3-13H,2,14-15H2,1H3,(H2,21,22,23,25)/b13-10+. The zero-order chi connectivity index (χ0) is 17.9. The first kappa shape index (κ1) is 18.7. The Labute approximate surface area is 153 Å². The summed E-state index contributed by atoms with van der Waals surface area (Å²) in [6.07, 6.45) is 4.04. The maximum absolute atomic E-state index is 11.9. The molecule has 0 aliphatic heterocycles. The van der Waals surface area contributed by atoms with Gasteiger partial charge in [-0.05, 0) is 54.9 Å². The second-order valence-electron chi connectivity index (χ2n) is 5.32. The van der Waals surface area contributed by atoms with Gasteiger partial charge in [-0.3, -0.25) is 10.1 Å². The lowest BCUT2D eigenvalue weighted by molar-refractivity contribution is -0.115. The second kappa shape index (κ2) is 10.3. The second-order valence-corrected chi connectivity index (χ2v) is 5.72. The van der Waals surface area contributed by atoms with Crippen LogP contribution in [0.15, 0.2) is 60.7 Å². The van der Waals surface area contributed by atoms with Gasteiger partial charge in [-0.2, -0.15) is 0 Å². The van der Waals surface area contributed by atoms with Crippen molar-refractivity contribution in [2.24, 2.45) is 0 Å². The molecule has 0 heterocycles. The molecule has 1 amide bonds. The third-order valence-corrected chi connectivity index (χ3v) is 3.64. The van der Waals surface area contributed by atoms with E-state index in [1.807, 2.05) is 49.4 Å². The van der Waals surface area contributed by atoms with Crippen LogP contribution in [0.1, 0.15) is 18.1 Å². The fourth-order valence-electron chi connectivity index (χ4n) is 2.18. The molecule has 2 rings (SSSR count). The van der Waals surface area contributed by atoms with Crippen LogP contribution in [0.25, 0.3) is 6.08 Å². The van der Waals surface area contributed by atoms with Crippen LogP contribution in [-0.2, 0) is 11.2 Å². The first-order valence-corrected chi connectivity index (χ1v) is 8.62. The molecule has 2 aromatic rings. The molecule has 5 heteroatoms. The maximum Gasteiger partial charge on any atom is 0.250 e. The molecule has 0 saturated carbocycles. The van der Waals surface area contributed by atoms with E-state index in [2.05, 4.69) is 22.8 Å². The number of hydrogen-bond acceptors (Lipinski definition) is 3. The molecule has 0 bridgehead atoms. The van der Waals surface area contributed by atoms with Gasteiger partial charge in [0.2, 0.25) is 5.91 Å². The Balaban J connectivity index is 1.72. The molecule has 0 unspecified atom stereocenters. The van der Waals surface area contributed by atoms with Crippen molar-refractivity contribution in [1.29, 1.82) is 0 Å². The number of rotatable bonds is 7. The normalized spacial score (nSPS) is 10.4. The summed E-state index contributed by atoms with van der Waals surface area (Å²) < 4.78 is 5.38. The third kappa shape index (κ3) is 7.18. The van der Waals surface area contributed by atoms with E-state index in [-0.39, 0.29) is 5.91 Å². The van der Waals surface area contributed by atoms with Crippen molar-refractivity contribution in [3.05, 3.63) is 71.8 Å². The van der Waals surface area contributed by atoms with Gasteiger partial charge in [0.25, 0.3) is 0 Å². The number of ether oxygens (including phenoxy) is 1. The molecule has 0 atom stereocenters. The van der Waals surface area contributed by atoms with Crippen molar-refractivity contribution in [2.75, 3.05) is 13.2 Å². The number of carbonyl (C=O) groups excluding carboxylic acids is 1. The van der Waals surface area contributed by atoms with Crippen molar-refractivity contribution in [3.8, 4) is 5.75 Å². The van der Waals surface area contributed by atoms with Crippen LogP contribution in [0.2, 0.25) is 0 Å². The fraction of sp³-hybridized carbons (Fsp3) is 0.200. The minimum Gasteiger partial charge on any atom is -0.494 e. The van der Waals surface area contributed by atoms with Crippen molar-refractivity contribution in [3.63, 3.8) is 0 Å². The number of amides is 1. The summed E-state index contributed by atoms with van der Waals surface area (Å²) in [7, 11) is 0. The van der Waals surface area contributed by atoms with E-state index in [9.17, 15) is 4.79 Å². The maximum atomic E-state index is 11.9. The first-order valence-electron chi connectivity index (χ1n) is 8.21. The minimum atomic E-state index is -0.258. The van der Waals surface area contributed by atoms with Crippen LogP contribution in [0.4, 0.5) is 0 Å². The van der Waals surface area contributed by atoms with Crippen LogP contribution < -0.4 is 15.4 Å². The van der Waals surface area contributed by atoms with Gasteiger partial charge in [0.1, 0.15) is 5.75 Å². The molecule has 4 nitrogen and oxygen atoms in total. The lowest BCUT2D eigenvalue weighted by atomic mass is 10.1. The summed E-state index contributed by atoms with van der Waals surface area (Å²) in [5, 5.41) is 6.00. The Morgan fingerprint density at radius 2 is 1.84 bits per heavy atom. The van der Waals surface area contributed by atoms with Crippen molar-refractivity contribution >= 4 is 29.3 Å². The molecular formula is C20H22N2O2S. The predicted octanol–water partition coefficient (Wildman–Crippen LogP) is 3.33. The lowest BCUT2D eigenvalue weighted by Crippen LogP contribution is -2.39. The van der Waals surface area contributed by atoms with E-state index in [4.69, 9.17) is 17.0 Å². The van der Waals surface area contributed by atoms with Gasteiger partial charge in [0.05, 0.1) is 6.61 Å². The molecular weight excluding hydrogens is 332 g/mol. The summed E-state index contributed by atoms with van der Waals surface area (Å²) in [6, 6.07) is 17.6. The summed E-state index contributed by atoms with van der Waals surface area (Å²) in [4.78, 5) is 11.9. The van der Waals surface area contributed by atoms with Gasteiger partial charge < -0.3 is 10.1 Å². The topological polar surface area (TPSA) is 50.4 Å². The zero-order valence-electron chi connectivity index (χ0n) is 14.2. The molecule has 2 aromatic carbocycles. The van der Waals surface area contributed by atoms with Gasteiger partial charge >= 0.3 is 0 Å². The smallest absolute Gasteiger partial charge is 0.250 e. The number of hydrogen-bond donors (Lipinski definition) is 2. The highest BCUT2D eigenvalue weighted by molar-refractivity contribution is 7.80. The number of thiocarbonyl (C=S) groups is 1. The largest absolute Gasteiger partial charge is 0.494 e. The molecule has 2 N–H and O–H groups in total. The molecule has 130 valence electrons. The van der Waals surface area contributed by atoms with Crippen molar-refractivity contribution < 1.29 is 9.53 Å². The zero-order valence-corrected chi connectivity index (χ0v) is 15.0. The van der Waals surface area contributed by atoms with Gasteiger partial charge in [-0.25, -0.2) is 0 Å². The number of benzene rings is 2. The molecule has 0 fully saturated rings. The first-order chi connectivity index (χ1) is 12.2. The van der Waals surface area contributed by atoms with Gasteiger partial charge in [-0.15, -0.1) is 0 Å². The summed E-state index contributed by atoms with van der Waals surface area (Å²) in [6.45, 7) is 3.24. The van der Waals surface area contributed by atoms with E-state index in [1.54, 1.807) is 6.08 Å². The van der Waals surface area contributed by atoms with Gasteiger partial charge in [0, 0.05) is 12.6 Å². The molecule has 25 heavy (non-hydrogen) atoms. The molecule has 0 aliphatic carbocycles. The van der Waals surface area contributed by atoms with Crippen LogP contribution >= 0.6 is 12.2 Å². The average Bonchev–Trinajstić information content (AvgIpc) is 2.62. The lowest BCUT2D eigenvalue weighted by Gasteiger charge is -2.08. The summed E-state index contributed by atoms with van der Waals surface area (Å²) in [5.74, 6) is 0.555. The Hall–Kier alpha value is -2.66. The quantitative estimate of drug-likeness (QED) is 0.591. The van der Waals surface area contributed by atoms with Crippen LogP contribution in [0.3, 0.4) is 0 Å². The van der Waals surface area contributed by atoms with Crippen LogP contribution in [0, 0.1) is 0 Å². The molecule has 0 aromatic heterocycles. The van der Waals surface area contributed by atoms with Gasteiger partial charge in [0.15, 0.2) is 5.11 Å². The fourth-order valence-corrected chi connectivity index (χ4v) is 2.38. The van der Waals surface area contributed by atoms with E-state index in [0.29, 0.717) is 18.3 Å². The van der Waals surface area contributed by atoms with Gasteiger partial charge in [-0.1, -0.05) is 42.5 Å². The molecule has 0 radical (unpaired) electrons. The van der Waals surface area contributed by atoms with Crippen molar-refractivity contribution in [1.82, 2.24) is 10.6 Å². The average molecular weight is 354 g/mol. The summed E-state index contributed by atoms with van der Waals surface area (Å²) in [5.41, 5.74) is 2.14. The van der Waals surface area contributed by atoms with E-state index >= 15 is 0 Å². The van der Waals surface area contributed by atoms with Crippen LogP contribution in [-0.4, -0.2) is 24.2 Å². The third-order valence-electron chi connectivity index (χ3n) is 3.40. The highest BCUT2D eigenvalue weighted by Crippen LogP contribution is 2.12. The summed E-state index contributed by atoms with van der Waals surface area (Å²) >= 11 is 5.13. The highest BCUT2D eigenvalue weighted by Gasteiger charge is 2.00. The van der Waals surface area contributed by atoms with E-state index < -0.39 is 0 Å². The van der Waals surface area contributed by atoms with Crippen LogP contribution in [0.5, 0.6) is 5.75 Å². The SMILES string of the molecule is CCOc1ccc(/C=C/C(=O)NC(=S)NCCc2ccccc2)cc1. The van der Waals surface area contributed by atoms with E-state index in [1.165, 1.54) is 11.6 Å². The highest BCUT2D eigenvalue weighted by atomic mass is 32.1. The molecule has 0 aliphatic rings. The Morgan fingerprint density at radius 1 is 1.12 bits per heavy atom. The Morgan fingerprint density at radius 3 is 2.52 bits per heavy atom. The van der Waals surface area contributed by atoms with E-state index in [0.717, 1.165) is 17.7 Å². The number of carbonyl (C=O) groups is 1. The molecule has 0 spiro atoms.